The van der Waals surface area contributed by atoms with E-state index >= 15 is 0 Å². The molecule has 2 aromatic heterocycles. The van der Waals surface area contributed by atoms with Crippen LogP contribution < -0.4 is 10.6 Å². The first kappa shape index (κ1) is 15.2. The van der Waals surface area contributed by atoms with E-state index in [0.717, 1.165) is 28.7 Å². The van der Waals surface area contributed by atoms with Crippen LogP contribution >= 0.6 is 0 Å². The summed E-state index contributed by atoms with van der Waals surface area (Å²) >= 11 is 0. The third-order valence-corrected chi connectivity index (χ3v) is 3.40. The number of nitrogens with zero attached hydrogens (tertiary/aromatic N) is 3. The van der Waals surface area contributed by atoms with Gasteiger partial charge in [0, 0.05) is 24.7 Å². The number of rotatable bonds is 5. The molecule has 0 aliphatic rings. The van der Waals surface area contributed by atoms with Crippen LogP contribution in [0.2, 0.25) is 0 Å². The largest absolute Gasteiger partial charge is 0.373 e. The highest BCUT2D eigenvalue weighted by Gasteiger charge is 2.15. The minimum Gasteiger partial charge on any atom is -0.373 e. The predicted molar refractivity (Wildman–Crippen MR) is 86.7 cm³/mol. The SMILES string of the molecule is CNc1nc(C(C)C)nc(NC(C)c2ccccn2)c1C. The summed E-state index contributed by atoms with van der Waals surface area (Å²) in [6, 6.07) is 6.01. The molecule has 2 heterocycles. The van der Waals surface area contributed by atoms with Gasteiger partial charge in [-0.25, -0.2) is 9.97 Å². The number of aromatic nitrogens is 3. The van der Waals surface area contributed by atoms with Crippen molar-refractivity contribution in [3.63, 3.8) is 0 Å². The number of anilines is 2. The summed E-state index contributed by atoms with van der Waals surface area (Å²) in [5, 5.41) is 6.58. The Balaban J connectivity index is 2.32. The van der Waals surface area contributed by atoms with Crippen LogP contribution in [0.1, 0.15) is 49.8 Å². The molecule has 0 aromatic carbocycles. The first-order valence-corrected chi connectivity index (χ1v) is 7.26. The maximum atomic E-state index is 4.66. The fourth-order valence-corrected chi connectivity index (χ4v) is 2.09. The average molecular weight is 285 g/mol. The van der Waals surface area contributed by atoms with E-state index in [9.17, 15) is 0 Å². The zero-order valence-corrected chi connectivity index (χ0v) is 13.3. The molecular weight excluding hydrogens is 262 g/mol. The smallest absolute Gasteiger partial charge is 0.135 e. The number of hydrogen-bond donors (Lipinski definition) is 2. The second-order valence-electron chi connectivity index (χ2n) is 5.43. The van der Waals surface area contributed by atoms with Gasteiger partial charge < -0.3 is 10.6 Å². The van der Waals surface area contributed by atoms with Gasteiger partial charge in [-0.2, -0.15) is 0 Å². The van der Waals surface area contributed by atoms with E-state index in [0.29, 0.717) is 0 Å². The molecule has 0 aliphatic heterocycles. The average Bonchev–Trinajstić information content (AvgIpc) is 2.49. The van der Waals surface area contributed by atoms with Crippen LogP contribution in [-0.4, -0.2) is 22.0 Å². The third kappa shape index (κ3) is 3.48. The number of nitrogens with one attached hydrogen (secondary N) is 2. The van der Waals surface area contributed by atoms with E-state index in [4.69, 9.17) is 0 Å². The first-order chi connectivity index (χ1) is 10.0. The second kappa shape index (κ2) is 6.52. The van der Waals surface area contributed by atoms with Crippen molar-refractivity contribution in [2.75, 3.05) is 17.7 Å². The molecule has 21 heavy (non-hydrogen) atoms. The molecule has 0 radical (unpaired) electrons. The van der Waals surface area contributed by atoms with Crippen LogP contribution in [0.3, 0.4) is 0 Å². The summed E-state index contributed by atoms with van der Waals surface area (Å²) in [6.45, 7) is 8.29. The Hall–Kier alpha value is -2.17. The summed E-state index contributed by atoms with van der Waals surface area (Å²) < 4.78 is 0. The van der Waals surface area contributed by atoms with E-state index in [1.807, 2.05) is 32.2 Å². The van der Waals surface area contributed by atoms with Crippen LogP contribution in [0.4, 0.5) is 11.6 Å². The maximum absolute atomic E-state index is 4.66. The van der Waals surface area contributed by atoms with Crippen molar-refractivity contribution in [3.05, 3.63) is 41.5 Å². The van der Waals surface area contributed by atoms with Gasteiger partial charge in [0.2, 0.25) is 0 Å². The second-order valence-corrected chi connectivity index (χ2v) is 5.43. The van der Waals surface area contributed by atoms with Crippen LogP contribution in [0, 0.1) is 6.92 Å². The minimum absolute atomic E-state index is 0.0875. The van der Waals surface area contributed by atoms with Crippen molar-refractivity contribution in [2.24, 2.45) is 0 Å². The Morgan fingerprint density at radius 1 is 1.05 bits per heavy atom. The van der Waals surface area contributed by atoms with Crippen LogP contribution in [0.5, 0.6) is 0 Å². The summed E-state index contributed by atoms with van der Waals surface area (Å²) in [6.07, 6.45) is 1.80. The van der Waals surface area contributed by atoms with Gasteiger partial charge in [-0.3, -0.25) is 4.98 Å². The molecule has 0 saturated carbocycles. The Labute approximate surface area is 126 Å². The standard InChI is InChI=1S/C16H23N5/c1-10(2)14-20-15(17-5)11(3)16(21-14)19-12(4)13-8-6-7-9-18-13/h6-10,12H,1-5H3,(H2,17,19,20,21). The van der Waals surface area contributed by atoms with Crippen molar-refractivity contribution < 1.29 is 0 Å². The first-order valence-electron chi connectivity index (χ1n) is 7.26. The Morgan fingerprint density at radius 3 is 2.33 bits per heavy atom. The molecule has 0 fully saturated rings. The minimum atomic E-state index is 0.0875. The summed E-state index contributed by atoms with van der Waals surface area (Å²) in [4.78, 5) is 13.6. The van der Waals surface area contributed by atoms with Crippen molar-refractivity contribution in [1.29, 1.82) is 0 Å². The molecule has 0 amide bonds. The summed E-state index contributed by atoms with van der Waals surface area (Å²) in [7, 11) is 1.88. The molecule has 2 rings (SSSR count). The van der Waals surface area contributed by atoms with Gasteiger partial charge in [0.25, 0.3) is 0 Å². The molecule has 2 N–H and O–H groups in total. The highest BCUT2D eigenvalue weighted by molar-refractivity contribution is 5.57. The predicted octanol–water partition coefficient (Wildman–Crippen LogP) is 3.52. The fraction of sp³-hybridized carbons (Fsp3) is 0.438. The van der Waals surface area contributed by atoms with E-state index < -0.39 is 0 Å². The van der Waals surface area contributed by atoms with Gasteiger partial charge in [0.15, 0.2) is 0 Å². The molecule has 0 bridgehead atoms. The van der Waals surface area contributed by atoms with Gasteiger partial charge in [-0.1, -0.05) is 19.9 Å². The van der Waals surface area contributed by atoms with Crippen LogP contribution in [0.15, 0.2) is 24.4 Å². The summed E-state index contributed by atoms with van der Waals surface area (Å²) in [5.74, 6) is 2.84. The van der Waals surface area contributed by atoms with E-state index in [2.05, 4.69) is 46.4 Å². The monoisotopic (exact) mass is 285 g/mol. The van der Waals surface area contributed by atoms with Crippen molar-refractivity contribution in [3.8, 4) is 0 Å². The molecule has 5 nitrogen and oxygen atoms in total. The molecule has 2 aromatic rings. The highest BCUT2D eigenvalue weighted by Crippen LogP contribution is 2.25. The molecule has 1 atom stereocenters. The van der Waals surface area contributed by atoms with E-state index in [1.165, 1.54) is 0 Å². The zero-order chi connectivity index (χ0) is 15.4. The van der Waals surface area contributed by atoms with Crippen molar-refractivity contribution in [2.45, 2.75) is 39.7 Å². The summed E-state index contributed by atoms with van der Waals surface area (Å²) in [5.41, 5.74) is 2.01. The van der Waals surface area contributed by atoms with Crippen LogP contribution in [-0.2, 0) is 0 Å². The quantitative estimate of drug-likeness (QED) is 0.880. The van der Waals surface area contributed by atoms with Gasteiger partial charge in [0.05, 0.1) is 11.7 Å². The zero-order valence-electron chi connectivity index (χ0n) is 13.3. The maximum Gasteiger partial charge on any atom is 0.135 e. The Morgan fingerprint density at radius 2 is 1.76 bits per heavy atom. The Bertz CT molecular complexity index is 595. The highest BCUT2D eigenvalue weighted by atomic mass is 15.1. The van der Waals surface area contributed by atoms with Gasteiger partial charge >= 0.3 is 0 Å². The van der Waals surface area contributed by atoms with Gasteiger partial charge in [0.1, 0.15) is 17.5 Å². The van der Waals surface area contributed by atoms with Crippen molar-refractivity contribution >= 4 is 11.6 Å². The fourth-order valence-electron chi connectivity index (χ4n) is 2.09. The lowest BCUT2D eigenvalue weighted by atomic mass is 10.1. The molecule has 0 aliphatic carbocycles. The molecule has 112 valence electrons. The number of pyridine rings is 1. The van der Waals surface area contributed by atoms with E-state index in [1.54, 1.807) is 6.20 Å². The topological polar surface area (TPSA) is 62.7 Å². The lowest BCUT2D eigenvalue weighted by molar-refractivity contribution is 0.763. The molecule has 0 spiro atoms. The molecule has 1 unspecified atom stereocenters. The third-order valence-electron chi connectivity index (χ3n) is 3.40. The van der Waals surface area contributed by atoms with Crippen LogP contribution in [0.25, 0.3) is 0 Å². The van der Waals surface area contributed by atoms with Gasteiger partial charge in [-0.15, -0.1) is 0 Å². The Kier molecular flexibility index (Phi) is 4.73. The molecule has 5 heteroatoms. The normalized spacial score (nSPS) is 12.3. The lowest BCUT2D eigenvalue weighted by Crippen LogP contribution is -2.14. The van der Waals surface area contributed by atoms with E-state index in [-0.39, 0.29) is 12.0 Å². The molecule has 0 saturated heterocycles. The number of hydrogen-bond acceptors (Lipinski definition) is 5. The molecular formula is C16H23N5. The van der Waals surface area contributed by atoms with Gasteiger partial charge in [-0.05, 0) is 26.0 Å². The lowest BCUT2D eigenvalue weighted by Gasteiger charge is -2.19. The van der Waals surface area contributed by atoms with Crippen molar-refractivity contribution in [1.82, 2.24) is 15.0 Å².